The van der Waals surface area contributed by atoms with Crippen molar-refractivity contribution in [2.24, 2.45) is 0 Å². The standard InChI is InChI=1S/C16H15BrN2O2/c17-13-3-5-14(6-4-13)19-10-15(20)11-21-16-7-1-12(9-18)2-8-16/h1-8,15,19-20H,10-11H2. The highest BCUT2D eigenvalue weighted by Crippen LogP contribution is 2.14. The fraction of sp³-hybridized carbons (Fsp3) is 0.188. The van der Waals surface area contributed by atoms with Gasteiger partial charge in [-0.2, -0.15) is 5.26 Å². The maximum Gasteiger partial charge on any atom is 0.119 e. The average Bonchev–Trinajstić information content (AvgIpc) is 2.53. The molecule has 0 saturated carbocycles. The summed E-state index contributed by atoms with van der Waals surface area (Å²) in [4.78, 5) is 0. The number of nitrogens with one attached hydrogen (secondary N) is 1. The highest BCUT2D eigenvalue weighted by Gasteiger charge is 2.05. The SMILES string of the molecule is N#Cc1ccc(OCC(O)CNc2ccc(Br)cc2)cc1. The molecule has 21 heavy (non-hydrogen) atoms. The van der Waals surface area contributed by atoms with Crippen LogP contribution in [0, 0.1) is 11.3 Å². The Morgan fingerprint density at radius 2 is 1.81 bits per heavy atom. The van der Waals surface area contributed by atoms with Crippen molar-refractivity contribution in [3.05, 3.63) is 58.6 Å². The quantitative estimate of drug-likeness (QED) is 0.842. The van der Waals surface area contributed by atoms with Crippen molar-refractivity contribution in [3.63, 3.8) is 0 Å². The van der Waals surface area contributed by atoms with E-state index in [1.165, 1.54) is 0 Å². The third kappa shape index (κ3) is 5.10. The van der Waals surface area contributed by atoms with Crippen LogP contribution in [0.4, 0.5) is 5.69 Å². The normalized spacial score (nSPS) is 11.5. The molecule has 4 nitrogen and oxygen atoms in total. The number of aliphatic hydroxyl groups is 1. The van der Waals surface area contributed by atoms with Crippen LogP contribution in [0.25, 0.3) is 0 Å². The van der Waals surface area contributed by atoms with Gasteiger partial charge in [-0.3, -0.25) is 0 Å². The Kier molecular flexibility index (Phi) is 5.61. The van der Waals surface area contributed by atoms with Gasteiger partial charge in [-0.1, -0.05) is 15.9 Å². The van der Waals surface area contributed by atoms with E-state index in [1.807, 2.05) is 30.3 Å². The Morgan fingerprint density at radius 1 is 1.14 bits per heavy atom. The Hall–Kier alpha value is -2.03. The first kappa shape index (κ1) is 15.4. The third-order valence-electron chi connectivity index (χ3n) is 2.81. The van der Waals surface area contributed by atoms with Crippen LogP contribution in [0.1, 0.15) is 5.56 Å². The molecule has 0 amide bonds. The van der Waals surface area contributed by atoms with E-state index in [0.717, 1.165) is 10.2 Å². The van der Waals surface area contributed by atoms with Crippen molar-refractivity contribution in [2.75, 3.05) is 18.5 Å². The molecule has 2 aromatic carbocycles. The molecule has 108 valence electrons. The largest absolute Gasteiger partial charge is 0.491 e. The van der Waals surface area contributed by atoms with Crippen LogP contribution < -0.4 is 10.1 Å². The minimum absolute atomic E-state index is 0.190. The number of nitriles is 1. The first-order valence-electron chi connectivity index (χ1n) is 6.48. The van der Waals surface area contributed by atoms with Crippen molar-refractivity contribution in [1.82, 2.24) is 0 Å². The van der Waals surface area contributed by atoms with Crippen molar-refractivity contribution in [2.45, 2.75) is 6.10 Å². The molecule has 5 heteroatoms. The lowest BCUT2D eigenvalue weighted by atomic mass is 10.2. The van der Waals surface area contributed by atoms with Gasteiger partial charge in [-0.15, -0.1) is 0 Å². The molecule has 2 aromatic rings. The van der Waals surface area contributed by atoms with Gasteiger partial charge in [0.15, 0.2) is 0 Å². The Morgan fingerprint density at radius 3 is 2.43 bits per heavy atom. The molecule has 2 N–H and O–H groups in total. The number of rotatable bonds is 6. The van der Waals surface area contributed by atoms with Crippen LogP contribution in [-0.4, -0.2) is 24.4 Å². The van der Waals surface area contributed by atoms with Crippen LogP contribution in [0.15, 0.2) is 53.0 Å². The van der Waals surface area contributed by atoms with Gasteiger partial charge in [0.05, 0.1) is 11.6 Å². The van der Waals surface area contributed by atoms with Crippen molar-refractivity contribution < 1.29 is 9.84 Å². The number of halogens is 1. The van der Waals surface area contributed by atoms with E-state index in [4.69, 9.17) is 10.00 Å². The highest BCUT2D eigenvalue weighted by molar-refractivity contribution is 9.10. The summed E-state index contributed by atoms with van der Waals surface area (Å²) < 4.78 is 6.48. The monoisotopic (exact) mass is 346 g/mol. The second-order valence-corrected chi connectivity index (χ2v) is 5.40. The van der Waals surface area contributed by atoms with Crippen LogP contribution in [-0.2, 0) is 0 Å². The first-order valence-corrected chi connectivity index (χ1v) is 7.27. The van der Waals surface area contributed by atoms with Gasteiger partial charge in [0.25, 0.3) is 0 Å². The predicted molar refractivity (Wildman–Crippen MR) is 85.3 cm³/mol. The van der Waals surface area contributed by atoms with E-state index < -0.39 is 6.10 Å². The number of anilines is 1. The zero-order valence-electron chi connectivity index (χ0n) is 11.3. The van der Waals surface area contributed by atoms with Crippen LogP contribution >= 0.6 is 15.9 Å². The fourth-order valence-electron chi connectivity index (χ4n) is 1.68. The summed E-state index contributed by atoms with van der Waals surface area (Å²) in [7, 11) is 0. The maximum absolute atomic E-state index is 9.88. The van der Waals surface area contributed by atoms with Gasteiger partial charge in [0.2, 0.25) is 0 Å². The van der Waals surface area contributed by atoms with E-state index >= 15 is 0 Å². The minimum atomic E-state index is -0.621. The lowest BCUT2D eigenvalue weighted by Crippen LogP contribution is -2.26. The molecule has 0 bridgehead atoms. The van der Waals surface area contributed by atoms with Gasteiger partial charge in [-0.05, 0) is 48.5 Å². The molecule has 2 rings (SSSR count). The van der Waals surface area contributed by atoms with Gasteiger partial charge < -0.3 is 15.2 Å². The summed E-state index contributed by atoms with van der Waals surface area (Å²) in [5, 5.41) is 21.7. The lowest BCUT2D eigenvalue weighted by molar-refractivity contribution is 0.117. The Balaban J connectivity index is 1.75. The summed E-state index contributed by atoms with van der Waals surface area (Å²) >= 11 is 3.37. The molecular weight excluding hydrogens is 332 g/mol. The van der Waals surface area contributed by atoms with E-state index in [-0.39, 0.29) is 6.61 Å². The molecule has 0 saturated heterocycles. The number of ether oxygens (including phenoxy) is 1. The smallest absolute Gasteiger partial charge is 0.119 e. The van der Waals surface area contributed by atoms with Crippen LogP contribution in [0.2, 0.25) is 0 Å². The first-order chi connectivity index (χ1) is 10.2. The van der Waals surface area contributed by atoms with Gasteiger partial charge >= 0.3 is 0 Å². The van der Waals surface area contributed by atoms with Crippen LogP contribution in [0.5, 0.6) is 5.75 Å². The maximum atomic E-state index is 9.88. The Labute approximate surface area is 132 Å². The molecule has 0 fully saturated rings. The van der Waals surface area contributed by atoms with Crippen molar-refractivity contribution in [3.8, 4) is 11.8 Å². The number of aliphatic hydroxyl groups excluding tert-OH is 1. The van der Waals surface area contributed by atoms with Crippen molar-refractivity contribution in [1.29, 1.82) is 5.26 Å². The predicted octanol–water partition coefficient (Wildman–Crippen LogP) is 3.17. The second-order valence-electron chi connectivity index (χ2n) is 4.49. The molecule has 0 radical (unpaired) electrons. The van der Waals surface area contributed by atoms with Gasteiger partial charge in [0, 0.05) is 16.7 Å². The molecule has 1 atom stereocenters. The Bertz CT molecular complexity index is 606. The number of benzene rings is 2. The zero-order chi connectivity index (χ0) is 15.1. The molecule has 0 aliphatic heterocycles. The highest BCUT2D eigenvalue weighted by atomic mass is 79.9. The second kappa shape index (κ2) is 7.67. The number of hydrogen-bond acceptors (Lipinski definition) is 4. The number of hydrogen-bond donors (Lipinski definition) is 2. The third-order valence-corrected chi connectivity index (χ3v) is 3.34. The number of nitrogens with zero attached hydrogens (tertiary/aromatic N) is 1. The molecular formula is C16H15BrN2O2. The molecule has 1 unspecified atom stereocenters. The molecule has 0 aromatic heterocycles. The molecule has 0 aliphatic carbocycles. The zero-order valence-corrected chi connectivity index (χ0v) is 12.9. The molecule has 0 heterocycles. The minimum Gasteiger partial charge on any atom is -0.491 e. The van der Waals surface area contributed by atoms with Gasteiger partial charge in [-0.25, -0.2) is 0 Å². The van der Waals surface area contributed by atoms with E-state index in [0.29, 0.717) is 17.9 Å². The fourth-order valence-corrected chi connectivity index (χ4v) is 1.94. The van der Waals surface area contributed by atoms with Gasteiger partial charge in [0.1, 0.15) is 18.5 Å². The summed E-state index contributed by atoms with van der Waals surface area (Å²) in [6, 6.07) is 16.6. The van der Waals surface area contributed by atoms with Crippen LogP contribution in [0.3, 0.4) is 0 Å². The molecule has 0 spiro atoms. The van der Waals surface area contributed by atoms with Crippen molar-refractivity contribution >= 4 is 21.6 Å². The van der Waals surface area contributed by atoms with E-state index in [2.05, 4.69) is 21.2 Å². The topological polar surface area (TPSA) is 65.3 Å². The van der Waals surface area contributed by atoms with E-state index in [9.17, 15) is 5.11 Å². The van der Waals surface area contributed by atoms with E-state index in [1.54, 1.807) is 24.3 Å². The summed E-state index contributed by atoms with van der Waals surface area (Å²) in [5.41, 5.74) is 1.52. The summed E-state index contributed by atoms with van der Waals surface area (Å²) in [5.74, 6) is 0.636. The average molecular weight is 347 g/mol. The summed E-state index contributed by atoms with van der Waals surface area (Å²) in [6.07, 6.45) is -0.621. The lowest BCUT2D eigenvalue weighted by Gasteiger charge is -2.14. The molecule has 0 aliphatic rings. The summed E-state index contributed by atoms with van der Waals surface area (Å²) in [6.45, 7) is 0.591.